The third kappa shape index (κ3) is 101. The average molecular weight is 228 g/mol. The molecular formula is C7H12MgN2O5. The predicted molar refractivity (Wildman–Crippen MR) is 49.3 cm³/mol. The molecule has 0 fully saturated rings. The summed E-state index contributed by atoms with van der Waals surface area (Å²) in [6.45, 7) is 1.94. The molecule has 0 atom stereocenters. The molecule has 0 aliphatic rings. The molecule has 1 aromatic rings. The first-order valence-electron chi connectivity index (χ1n) is 3.24. The summed E-state index contributed by atoms with van der Waals surface area (Å²) in [7, 11) is 0. The fourth-order valence-corrected chi connectivity index (χ4v) is 0.215. The molecule has 3 N–H and O–H groups in total. The Bertz CT molecular complexity index is 190. The van der Waals surface area contributed by atoms with E-state index in [2.05, 4.69) is 9.97 Å². The van der Waals surface area contributed by atoms with Gasteiger partial charge in [-0.05, 0) is 13.8 Å². The molecule has 1 rings (SSSR count). The summed E-state index contributed by atoms with van der Waals surface area (Å²) < 4.78 is 0. The van der Waals surface area contributed by atoms with Crippen LogP contribution < -0.4 is 10.2 Å². The molecule has 0 aliphatic carbocycles. The van der Waals surface area contributed by atoms with E-state index in [1.54, 1.807) is 18.7 Å². The molecule has 0 saturated heterocycles. The summed E-state index contributed by atoms with van der Waals surface area (Å²) >= 11 is 0. The number of aromatic nitrogens is 2. The number of carbonyl (C=O) groups excluding carboxylic acids is 2. The zero-order chi connectivity index (χ0) is 10.7. The van der Waals surface area contributed by atoms with Gasteiger partial charge < -0.3 is 30.3 Å². The Morgan fingerprint density at radius 2 is 1.53 bits per heavy atom. The minimum absolute atomic E-state index is 0. The smallest absolute Gasteiger partial charge is 0.550 e. The number of carboxylic acids is 2. The van der Waals surface area contributed by atoms with Crippen molar-refractivity contribution in [2.75, 3.05) is 0 Å². The van der Waals surface area contributed by atoms with Gasteiger partial charge in [0.1, 0.15) is 0 Å². The Kier molecular flexibility index (Phi) is 29.3. The first-order chi connectivity index (χ1) is 5.96. The van der Waals surface area contributed by atoms with Crippen molar-refractivity contribution in [3.05, 3.63) is 18.7 Å². The maximum Gasteiger partial charge on any atom is 2.00 e. The molecule has 0 unspecified atom stereocenters. The van der Waals surface area contributed by atoms with Gasteiger partial charge in [-0.25, -0.2) is 4.98 Å². The van der Waals surface area contributed by atoms with E-state index in [0.717, 1.165) is 13.8 Å². The van der Waals surface area contributed by atoms with Crippen molar-refractivity contribution < 1.29 is 25.3 Å². The van der Waals surface area contributed by atoms with Crippen LogP contribution in [0.4, 0.5) is 0 Å². The van der Waals surface area contributed by atoms with Crippen LogP contribution in [0, 0.1) is 0 Å². The molecule has 0 radical (unpaired) electrons. The number of nitrogens with zero attached hydrogens (tertiary/aromatic N) is 1. The minimum Gasteiger partial charge on any atom is -0.550 e. The Balaban J connectivity index is -0.0000000575. The fourth-order valence-electron chi connectivity index (χ4n) is 0.215. The summed E-state index contributed by atoms with van der Waals surface area (Å²) in [5, 5.41) is 17.8. The van der Waals surface area contributed by atoms with Gasteiger partial charge in [-0.2, -0.15) is 0 Å². The van der Waals surface area contributed by atoms with Gasteiger partial charge in [0.15, 0.2) is 0 Å². The van der Waals surface area contributed by atoms with Crippen LogP contribution in [-0.2, 0) is 9.59 Å². The van der Waals surface area contributed by atoms with E-state index in [9.17, 15) is 0 Å². The second-order valence-electron chi connectivity index (χ2n) is 1.74. The number of hydrogen-bond acceptors (Lipinski definition) is 5. The number of nitrogens with one attached hydrogen (secondary N) is 1. The summed E-state index contributed by atoms with van der Waals surface area (Å²) in [4.78, 5) is 24.2. The Morgan fingerprint density at radius 3 is 1.60 bits per heavy atom. The van der Waals surface area contributed by atoms with E-state index in [-0.39, 0.29) is 28.5 Å². The van der Waals surface area contributed by atoms with Crippen molar-refractivity contribution in [1.29, 1.82) is 0 Å². The normalized spacial score (nSPS) is 6.00. The number of rotatable bonds is 0. The second kappa shape index (κ2) is 18.6. The van der Waals surface area contributed by atoms with Crippen LogP contribution in [0.25, 0.3) is 0 Å². The Morgan fingerprint density at radius 1 is 1.20 bits per heavy atom. The van der Waals surface area contributed by atoms with Crippen LogP contribution in [0.3, 0.4) is 0 Å². The first-order valence-corrected chi connectivity index (χ1v) is 3.24. The van der Waals surface area contributed by atoms with Gasteiger partial charge in [0.25, 0.3) is 0 Å². The maximum absolute atomic E-state index is 8.89. The SMILES string of the molecule is CC(=O)[O-].CC(=O)[O-].O.[Mg+2].c1c[nH]cn1. The maximum atomic E-state index is 8.89. The van der Waals surface area contributed by atoms with E-state index in [1.165, 1.54) is 0 Å². The third-order valence-corrected chi connectivity index (χ3v) is 0.406. The zero-order valence-electron chi connectivity index (χ0n) is 8.52. The van der Waals surface area contributed by atoms with Gasteiger partial charge in [0.05, 0.1) is 6.33 Å². The quantitative estimate of drug-likeness (QED) is 0.463. The first kappa shape index (κ1) is 23.6. The van der Waals surface area contributed by atoms with Gasteiger partial charge >= 0.3 is 23.1 Å². The summed E-state index contributed by atoms with van der Waals surface area (Å²) in [5.74, 6) is -2.17. The fraction of sp³-hybridized carbons (Fsp3) is 0.286. The van der Waals surface area contributed by atoms with Crippen molar-refractivity contribution in [2.45, 2.75) is 13.8 Å². The number of H-pyrrole nitrogens is 1. The number of aromatic amines is 1. The molecule has 1 aromatic heterocycles. The van der Waals surface area contributed by atoms with E-state index < -0.39 is 11.9 Å². The Labute approximate surface area is 103 Å². The van der Waals surface area contributed by atoms with Gasteiger partial charge in [-0.3, -0.25) is 0 Å². The Hall–Kier alpha value is -1.12. The summed E-state index contributed by atoms with van der Waals surface area (Å²) in [6.07, 6.45) is 5.08. The van der Waals surface area contributed by atoms with Crippen molar-refractivity contribution in [3.63, 3.8) is 0 Å². The van der Waals surface area contributed by atoms with E-state index >= 15 is 0 Å². The molecule has 0 bridgehead atoms. The van der Waals surface area contributed by atoms with E-state index in [4.69, 9.17) is 19.8 Å². The molecule has 82 valence electrons. The molecule has 1 heterocycles. The molecule has 0 spiro atoms. The molecule has 7 nitrogen and oxygen atoms in total. The predicted octanol–water partition coefficient (Wildman–Crippen LogP) is -3.28. The van der Waals surface area contributed by atoms with Crippen LogP contribution in [0.15, 0.2) is 18.7 Å². The molecule has 0 saturated carbocycles. The monoisotopic (exact) mass is 228 g/mol. The molecule has 0 aromatic carbocycles. The van der Waals surface area contributed by atoms with Gasteiger partial charge in [-0.15, -0.1) is 0 Å². The molecule has 0 amide bonds. The van der Waals surface area contributed by atoms with Crippen LogP contribution in [-0.4, -0.2) is 50.4 Å². The van der Waals surface area contributed by atoms with Crippen LogP contribution in [0.5, 0.6) is 0 Å². The number of carbonyl (C=O) groups is 2. The van der Waals surface area contributed by atoms with Crippen LogP contribution in [0.2, 0.25) is 0 Å². The summed E-state index contributed by atoms with van der Waals surface area (Å²) in [6, 6.07) is 0. The molecule has 15 heavy (non-hydrogen) atoms. The number of hydrogen-bond donors (Lipinski definition) is 1. The second-order valence-corrected chi connectivity index (χ2v) is 1.74. The van der Waals surface area contributed by atoms with Crippen molar-refractivity contribution in [2.24, 2.45) is 0 Å². The third-order valence-electron chi connectivity index (χ3n) is 0.406. The van der Waals surface area contributed by atoms with E-state index in [0.29, 0.717) is 0 Å². The molecular weight excluding hydrogens is 216 g/mol. The van der Waals surface area contributed by atoms with Gasteiger partial charge in [-0.1, -0.05) is 0 Å². The number of aliphatic carboxylic acids is 2. The largest absolute Gasteiger partial charge is 2.00 e. The topological polar surface area (TPSA) is 140 Å². The number of imidazole rings is 1. The van der Waals surface area contributed by atoms with Crippen molar-refractivity contribution >= 4 is 35.0 Å². The van der Waals surface area contributed by atoms with Gasteiger partial charge in [0, 0.05) is 24.3 Å². The molecule has 0 aliphatic heterocycles. The minimum atomic E-state index is -1.08. The van der Waals surface area contributed by atoms with Crippen LogP contribution in [0.1, 0.15) is 13.8 Å². The van der Waals surface area contributed by atoms with E-state index in [1.807, 2.05) is 0 Å². The van der Waals surface area contributed by atoms with Crippen molar-refractivity contribution in [1.82, 2.24) is 9.97 Å². The van der Waals surface area contributed by atoms with Crippen molar-refractivity contribution in [3.8, 4) is 0 Å². The number of carboxylic acid groups (broad SMARTS) is 2. The summed E-state index contributed by atoms with van der Waals surface area (Å²) in [5.41, 5.74) is 0. The standard InChI is InChI=1S/C3H4N2.2C2H4O2.Mg.H2O/c1-2-5-3-4-1;2*1-2(3)4;;/h1-3H,(H,4,5);2*1H3,(H,3,4);;1H2/q;;;+2;/p-2. The van der Waals surface area contributed by atoms with Gasteiger partial charge in [0.2, 0.25) is 0 Å². The average Bonchev–Trinajstić information content (AvgIpc) is 2.35. The van der Waals surface area contributed by atoms with Crippen LogP contribution >= 0.6 is 0 Å². The molecule has 8 heteroatoms. The zero-order valence-corrected chi connectivity index (χ0v) is 9.93.